The van der Waals surface area contributed by atoms with Gasteiger partial charge in [0.05, 0.1) is 0 Å². The molecule has 0 saturated carbocycles. The summed E-state index contributed by atoms with van der Waals surface area (Å²) in [7, 11) is 0. The van der Waals surface area contributed by atoms with E-state index in [1.165, 1.54) is 12.1 Å². The maximum Gasteiger partial charge on any atom is 0.162 e. The molecule has 2 atom stereocenters. The van der Waals surface area contributed by atoms with Crippen LogP contribution < -0.4 is 0 Å². The van der Waals surface area contributed by atoms with Crippen molar-refractivity contribution >= 4 is 0 Å². The van der Waals surface area contributed by atoms with Crippen LogP contribution in [0, 0.1) is 23.3 Å². The molecule has 2 rings (SSSR count). The number of rotatable bonds is 7. The minimum atomic E-state index is -0.815. The molecule has 0 bridgehead atoms. The van der Waals surface area contributed by atoms with Gasteiger partial charge in [0.25, 0.3) is 0 Å². The second-order valence-electron chi connectivity index (χ2n) is 8.46. The van der Waals surface area contributed by atoms with E-state index >= 15 is 0 Å². The molecule has 0 N–H and O–H groups in total. The van der Waals surface area contributed by atoms with E-state index in [1.807, 2.05) is 34.6 Å². The van der Waals surface area contributed by atoms with Gasteiger partial charge in [0.15, 0.2) is 11.6 Å². The van der Waals surface area contributed by atoms with Gasteiger partial charge in [0.2, 0.25) is 0 Å². The Hall–Kier alpha value is -1.84. The van der Waals surface area contributed by atoms with Gasteiger partial charge in [-0.15, -0.1) is 0 Å². The smallest absolute Gasteiger partial charge is 0.162 e. The first-order chi connectivity index (χ1) is 13.0. The summed E-state index contributed by atoms with van der Waals surface area (Å²) < 4.78 is 57.7. The molecule has 2 aromatic carbocycles. The molecule has 0 amide bonds. The third-order valence-corrected chi connectivity index (χ3v) is 5.59. The Morgan fingerprint density at radius 2 is 1.11 bits per heavy atom. The molecule has 28 heavy (non-hydrogen) atoms. The number of halogens is 4. The van der Waals surface area contributed by atoms with Crippen molar-refractivity contribution in [3.05, 3.63) is 69.8 Å². The number of hydrogen-bond acceptors (Lipinski definition) is 0. The summed E-state index contributed by atoms with van der Waals surface area (Å²) in [5.41, 5.74) is 1.36. The molecule has 0 aliphatic heterocycles. The molecule has 2 unspecified atom stereocenters. The van der Waals surface area contributed by atoms with Gasteiger partial charge < -0.3 is 0 Å². The fourth-order valence-corrected chi connectivity index (χ4v) is 3.61. The number of hydrogen-bond donors (Lipinski definition) is 0. The van der Waals surface area contributed by atoms with E-state index in [0.717, 1.165) is 0 Å². The van der Waals surface area contributed by atoms with Gasteiger partial charge in [-0.2, -0.15) is 0 Å². The van der Waals surface area contributed by atoms with Gasteiger partial charge in [0.1, 0.15) is 11.6 Å². The molecule has 0 fully saturated rings. The lowest BCUT2D eigenvalue weighted by atomic mass is 9.87. The summed E-state index contributed by atoms with van der Waals surface area (Å²) in [6.45, 7) is 11.0. The van der Waals surface area contributed by atoms with Crippen molar-refractivity contribution in [3.8, 4) is 0 Å². The Morgan fingerprint density at radius 1 is 0.643 bits per heavy atom. The molecule has 0 aliphatic rings. The first-order valence-electron chi connectivity index (χ1n) is 10.0. The summed E-state index contributed by atoms with van der Waals surface area (Å²) >= 11 is 0. The van der Waals surface area contributed by atoms with Gasteiger partial charge in [-0.25, -0.2) is 17.6 Å². The molecule has 0 nitrogen and oxygen atoms in total. The lowest BCUT2D eigenvalue weighted by molar-refractivity contribution is 0.463. The zero-order valence-corrected chi connectivity index (χ0v) is 17.5. The average molecular weight is 394 g/mol. The third-order valence-electron chi connectivity index (χ3n) is 5.59. The molecule has 154 valence electrons. The van der Waals surface area contributed by atoms with Crippen molar-refractivity contribution in [3.63, 3.8) is 0 Å². The Kier molecular flexibility index (Phi) is 7.30. The molecule has 0 radical (unpaired) electrons. The van der Waals surface area contributed by atoms with Gasteiger partial charge in [-0.05, 0) is 65.3 Å². The molecule has 0 saturated heterocycles. The summed E-state index contributed by atoms with van der Waals surface area (Å²) in [4.78, 5) is 0. The minimum Gasteiger partial charge on any atom is -0.207 e. The van der Waals surface area contributed by atoms with Crippen LogP contribution >= 0.6 is 0 Å². The molecule has 0 aromatic heterocycles. The van der Waals surface area contributed by atoms with E-state index in [-0.39, 0.29) is 29.2 Å². The normalized spacial score (nSPS) is 14.0. The van der Waals surface area contributed by atoms with E-state index in [4.69, 9.17) is 0 Å². The summed E-state index contributed by atoms with van der Waals surface area (Å²) in [5.74, 6) is -3.35. The molecule has 0 heterocycles. The summed E-state index contributed by atoms with van der Waals surface area (Å²) in [6, 6.07) is 6.04. The van der Waals surface area contributed by atoms with Crippen molar-refractivity contribution in [2.45, 2.75) is 78.1 Å². The van der Waals surface area contributed by atoms with Crippen molar-refractivity contribution in [1.82, 2.24) is 0 Å². The van der Waals surface area contributed by atoms with Crippen LogP contribution in [0.3, 0.4) is 0 Å². The van der Waals surface area contributed by atoms with Crippen LogP contribution in [0.1, 0.15) is 100 Å². The Bertz CT molecular complexity index is 801. The zero-order valence-electron chi connectivity index (χ0n) is 17.5. The standard InChI is InChI=1S/C24H30F4/c1-13(2)17-11-20(25)22(21(26)12-17)16(6)8-7-15(5)19-10-9-18(14(3)4)23(27)24(19)28/h9-16H,7-8H2,1-6H3. The SMILES string of the molecule is CC(C)c1cc(F)c(C(C)CCC(C)c2ccc(C(C)C)c(F)c2F)c(F)c1. The Labute approximate surface area is 166 Å². The number of benzene rings is 2. The lowest BCUT2D eigenvalue weighted by Crippen LogP contribution is -2.07. The molecular formula is C24H30F4. The van der Waals surface area contributed by atoms with Gasteiger partial charge in [0, 0.05) is 5.56 Å². The van der Waals surface area contributed by atoms with E-state index in [9.17, 15) is 17.6 Å². The highest BCUT2D eigenvalue weighted by Gasteiger charge is 2.22. The molecular weight excluding hydrogens is 364 g/mol. The van der Waals surface area contributed by atoms with Crippen LogP contribution in [-0.4, -0.2) is 0 Å². The summed E-state index contributed by atoms with van der Waals surface area (Å²) in [5, 5.41) is 0. The molecule has 2 aromatic rings. The van der Waals surface area contributed by atoms with Crippen LogP contribution in [0.4, 0.5) is 17.6 Å². The van der Waals surface area contributed by atoms with Crippen molar-refractivity contribution in [1.29, 1.82) is 0 Å². The van der Waals surface area contributed by atoms with E-state index < -0.39 is 23.3 Å². The highest BCUT2D eigenvalue weighted by molar-refractivity contribution is 5.32. The maximum absolute atomic E-state index is 14.5. The molecule has 4 heteroatoms. The largest absolute Gasteiger partial charge is 0.207 e. The van der Waals surface area contributed by atoms with Crippen molar-refractivity contribution in [2.75, 3.05) is 0 Å². The van der Waals surface area contributed by atoms with Crippen LogP contribution in [0.25, 0.3) is 0 Å². The van der Waals surface area contributed by atoms with Gasteiger partial charge in [-0.1, -0.05) is 53.7 Å². The highest BCUT2D eigenvalue weighted by Crippen LogP contribution is 2.34. The third kappa shape index (κ3) is 4.76. The predicted molar refractivity (Wildman–Crippen MR) is 107 cm³/mol. The topological polar surface area (TPSA) is 0 Å². The minimum absolute atomic E-state index is 0.0417. The zero-order chi connectivity index (χ0) is 21.2. The van der Waals surface area contributed by atoms with Crippen LogP contribution in [0.15, 0.2) is 24.3 Å². The van der Waals surface area contributed by atoms with Gasteiger partial charge >= 0.3 is 0 Å². The van der Waals surface area contributed by atoms with E-state index in [1.54, 1.807) is 19.1 Å². The predicted octanol–water partition coefficient (Wildman–Crippen LogP) is 8.18. The summed E-state index contributed by atoms with van der Waals surface area (Å²) in [6.07, 6.45) is 0.979. The van der Waals surface area contributed by atoms with Gasteiger partial charge in [-0.3, -0.25) is 0 Å². The second-order valence-corrected chi connectivity index (χ2v) is 8.46. The Balaban J connectivity index is 2.15. The maximum atomic E-state index is 14.5. The van der Waals surface area contributed by atoms with E-state index in [2.05, 4.69) is 0 Å². The Morgan fingerprint density at radius 3 is 1.61 bits per heavy atom. The average Bonchev–Trinajstić information content (AvgIpc) is 2.60. The lowest BCUT2D eigenvalue weighted by Gasteiger charge is -2.20. The van der Waals surface area contributed by atoms with Crippen molar-refractivity contribution in [2.24, 2.45) is 0 Å². The monoisotopic (exact) mass is 394 g/mol. The van der Waals surface area contributed by atoms with Crippen LogP contribution in [-0.2, 0) is 0 Å². The fraction of sp³-hybridized carbons (Fsp3) is 0.500. The van der Waals surface area contributed by atoms with Crippen molar-refractivity contribution < 1.29 is 17.6 Å². The fourth-order valence-electron chi connectivity index (χ4n) is 3.61. The molecule has 0 aliphatic carbocycles. The van der Waals surface area contributed by atoms with E-state index in [0.29, 0.717) is 29.5 Å². The highest BCUT2D eigenvalue weighted by atomic mass is 19.2. The first-order valence-corrected chi connectivity index (χ1v) is 10.0. The first kappa shape index (κ1) is 22.4. The molecule has 0 spiro atoms. The second kappa shape index (κ2) is 9.11. The van der Waals surface area contributed by atoms with Crippen LogP contribution in [0.2, 0.25) is 0 Å². The quantitative estimate of drug-likeness (QED) is 0.415. The van der Waals surface area contributed by atoms with Crippen LogP contribution in [0.5, 0.6) is 0 Å².